The number of carbonyl (C=O) groups excluding carboxylic acids is 1. The van der Waals surface area contributed by atoms with Gasteiger partial charge in [-0.15, -0.1) is 12.4 Å². The molecule has 3 rings (SSSR count). The molecule has 1 saturated heterocycles. The van der Waals surface area contributed by atoms with Crippen LogP contribution >= 0.6 is 12.4 Å². The molecule has 2 aliphatic rings. The smallest absolute Gasteiger partial charge is 0.256 e. The van der Waals surface area contributed by atoms with Crippen LogP contribution in [0.25, 0.3) is 0 Å². The lowest BCUT2D eigenvalue weighted by atomic mass is 10.1. The third-order valence-electron chi connectivity index (χ3n) is 3.64. The number of hydrogen-bond acceptors (Lipinski definition) is 4. The molecule has 2 heterocycles. The lowest BCUT2D eigenvalue weighted by molar-refractivity contribution is -0.129. The van der Waals surface area contributed by atoms with Crippen LogP contribution in [0.2, 0.25) is 0 Å². The third kappa shape index (κ3) is 2.75. The number of nitrogens with zero attached hydrogens (tertiary/aromatic N) is 1. The van der Waals surface area contributed by atoms with Crippen molar-refractivity contribution >= 4 is 24.0 Å². The zero-order chi connectivity index (χ0) is 13.2. The van der Waals surface area contributed by atoms with Crippen LogP contribution in [0, 0.1) is 0 Å². The molecule has 0 bridgehead atoms. The van der Waals surface area contributed by atoms with Crippen LogP contribution in [-0.2, 0) is 9.53 Å². The molecule has 20 heavy (non-hydrogen) atoms. The average Bonchev–Trinajstić information content (AvgIpc) is 2.95. The first kappa shape index (κ1) is 15.1. The predicted octanol–water partition coefficient (Wildman–Crippen LogP) is 1.34. The van der Waals surface area contributed by atoms with Crippen LogP contribution in [0.5, 0.6) is 5.75 Å². The van der Waals surface area contributed by atoms with Gasteiger partial charge in [0.1, 0.15) is 18.5 Å². The van der Waals surface area contributed by atoms with Gasteiger partial charge < -0.3 is 20.1 Å². The zero-order valence-corrected chi connectivity index (χ0v) is 12.0. The van der Waals surface area contributed by atoms with Gasteiger partial charge >= 0.3 is 0 Å². The number of fused-ring (bicyclic) bond motifs is 1. The molecule has 0 saturated carbocycles. The molecule has 0 aromatic heterocycles. The molecule has 0 radical (unpaired) electrons. The van der Waals surface area contributed by atoms with E-state index in [-0.39, 0.29) is 30.5 Å². The topological polar surface area (TPSA) is 64.8 Å². The fourth-order valence-corrected chi connectivity index (χ4v) is 2.63. The predicted molar refractivity (Wildman–Crippen MR) is 78.5 cm³/mol. The van der Waals surface area contributed by atoms with E-state index in [1.165, 1.54) is 0 Å². The molecule has 0 unspecified atom stereocenters. The maximum absolute atomic E-state index is 12.5. The van der Waals surface area contributed by atoms with Gasteiger partial charge in [-0.2, -0.15) is 0 Å². The second kappa shape index (κ2) is 6.43. The number of ether oxygens (including phenoxy) is 2. The summed E-state index contributed by atoms with van der Waals surface area (Å²) in [5, 5.41) is 0. The standard InChI is InChI=1S/C14H18N2O3.ClH/c15-9-10-5-6-13(19-10)14(17)16-7-8-18-12-4-2-1-3-11(12)16;/h1-4,10,13H,5-9,15H2;1H/t10-,13+;/m1./s1. The Kier molecular flexibility index (Phi) is 4.86. The number of anilines is 1. The summed E-state index contributed by atoms with van der Waals surface area (Å²) < 4.78 is 11.2. The van der Waals surface area contributed by atoms with Crippen LogP contribution in [0.1, 0.15) is 12.8 Å². The summed E-state index contributed by atoms with van der Waals surface area (Å²) in [6.45, 7) is 1.57. The maximum atomic E-state index is 12.5. The summed E-state index contributed by atoms with van der Waals surface area (Å²) in [6.07, 6.45) is 1.27. The maximum Gasteiger partial charge on any atom is 0.256 e. The summed E-state index contributed by atoms with van der Waals surface area (Å²) in [7, 11) is 0. The lowest BCUT2D eigenvalue weighted by Gasteiger charge is -2.31. The zero-order valence-electron chi connectivity index (χ0n) is 11.2. The van der Waals surface area contributed by atoms with Gasteiger partial charge in [0, 0.05) is 6.54 Å². The molecular weight excluding hydrogens is 280 g/mol. The largest absolute Gasteiger partial charge is 0.490 e. The number of nitrogens with two attached hydrogens (primary N) is 1. The van der Waals surface area contributed by atoms with E-state index in [1.54, 1.807) is 4.90 Å². The average molecular weight is 299 g/mol. The highest BCUT2D eigenvalue weighted by atomic mass is 35.5. The summed E-state index contributed by atoms with van der Waals surface area (Å²) >= 11 is 0. The molecule has 2 N–H and O–H groups in total. The van der Waals surface area contributed by atoms with Crippen molar-refractivity contribution in [2.24, 2.45) is 5.73 Å². The minimum Gasteiger partial charge on any atom is -0.490 e. The second-order valence-corrected chi connectivity index (χ2v) is 4.87. The van der Waals surface area contributed by atoms with E-state index < -0.39 is 0 Å². The van der Waals surface area contributed by atoms with Crippen LogP contribution in [0.15, 0.2) is 24.3 Å². The Labute approximate surface area is 124 Å². The summed E-state index contributed by atoms with van der Waals surface area (Å²) in [5.74, 6) is 0.780. The van der Waals surface area contributed by atoms with Crippen LogP contribution < -0.4 is 15.4 Å². The first-order valence-electron chi connectivity index (χ1n) is 6.68. The molecule has 1 fully saturated rings. The third-order valence-corrected chi connectivity index (χ3v) is 3.64. The highest BCUT2D eigenvalue weighted by molar-refractivity contribution is 5.98. The minimum absolute atomic E-state index is 0. The van der Waals surface area contributed by atoms with E-state index in [1.807, 2.05) is 24.3 Å². The van der Waals surface area contributed by atoms with Gasteiger partial charge in [0.2, 0.25) is 0 Å². The SMILES string of the molecule is Cl.NC[C@H]1CC[C@@H](C(=O)N2CCOc3ccccc32)O1. The Hall–Kier alpha value is -1.30. The van der Waals surface area contributed by atoms with Gasteiger partial charge in [0.05, 0.1) is 18.3 Å². The van der Waals surface area contributed by atoms with Gasteiger partial charge in [0.15, 0.2) is 0 Å². The van der Waals surface area contributed by atoms with Crippen LogP contribution in [-0.4, -0.2) is 37.8 Å². The normalized spacial score (nSPS) is 24.6. The van der Waals surface area contributed by atoms with Crippen molar-refractivity contribution < 1.29 is 14.3 Å². The Morgan fingerprint density at radius 1 is 1.35 bits per heavy atom. The summed E-state index contributed by atoms with van der Waals surface area (Å²) in [6, 6.07) is 7.60. The number of halogens is 1. The Balaban J connectivity index is 0.00000147. The Morgan fingerprint density at radius 3 is 2.90 bits per heavy atom. The Morgan fingerprint density at radius 2 is 2.15 bits per heavy atom. The monoisotopic (exact) mass is 298 g/mol. The molecular formula is C14H19ClN2O3. The van der Waals surface area contributed by atoms with Gasteiger partial charge in [-0.25, -0.2) is 0 Å². The number of rotatable bonds is 2. The van der Waals surface area contributed by atoms with Gasteiger partial charge in [-0.05, 0) is 25.0 Å². The molecule has 2 atom stereocenters. The lowest BCUT2D eigenvalue weighted by Crippen LogP contribution is -2.44. The molecule has 1 aromatic rings. The molecule has 5 nitrogen and oxygen atoms in total. The highest BCUT2D eigenvalue weighted by Crippen LogP contribution is 2.32. The van der Waals surface area contributed by atoms with E-state index >= 15 is 0 Å². The molecule has 110 valence electrons. The summed E-state index contributed by atoms with van der Waals surface area (Å²) in [5.41, 5.74) is 6.41. The van der Waals surface area contributed by atoms with Crippen molar-refractivity contribution in [3.05, 3.63) is 24.3 Å². The number of amides is 1. The van der Waals surface area contributed by atoms with Crippen molar-refractivity contribution in [2.75, 3.05) is 24.6 Å². The Bertz CT molecular complexity index is 483. The molecule has 0 spiro atoms. The second-order valence-electron chi connectivity index (χ2n) is 4.87. The molecule has 1 amide bonds. The van der Waals surface area contributed by atoms with Crippen molar-refractivity contribution in [1.29, 1.82) is 0 Å². The van der Waals surface area contributed by atoms with Crippen LogP contribution in [0.3, 0.4) is 0 Å². The quantitative estimate of drug-likeness (QED) is 0.895. The van der Waals surface area contributed by atoms with Crippen molar-refractivity contribution in [2.45, 2.75) is 25.0 Å². The first-order chi connectivity index (χ1) is 9.29. The van der Waals surface area contributed by atoms with E-state index in [4.69, 9.17) is 15.2 Å². The molecule has 1 aromatic carbocycles. The van der Waals surface area contributed by atoms with Crippen molar-refractivity contribution in [3.63, 3.8) is 0 Å². The molecule has 2 aliphatic heterocycles. The first-order valence-corrected chi connectivity index (χ1v) is 6.68. The fourth-order valence-electron chi connectivity index (χ4n) is 2.63. The van der Waals surface area contributed by atoms with Gasteiger partial charge in [0.25, 0.3) is 5.91 Å². The number of benzene rings is 1. The van der Waals surface area contributed by atoms with E-state index in [0.717, 1.165) is 24.3 Å². The molecule has 6 heteroatoms. The fraction of sp³-hybridized carbons (Fsp3) is 0.500. The highest BCUT2D eigenvalue weighted by Gasteiger charge is 2.35. The molecule has 0 aliphatic carbocycles. The van der Waals surface area contributed by atoms with Crippen LogP contribution in [0.4, 0.5) is 5.69 Å². The summed E-state index contributed by atoms with van der Waals surface area (Å²) in [4.78, 5) is 14.3. The van der Waals surface area contributed by atoms with Gasteiger partial charge in [-0.1, -0.05) is 12.1 Å². The van der Waals surface area contributed by atoms with E-state index in [9.17, 15) is 4.79 Å². The van der Waals surface area contributed by atoms with Crippen molar-refractivity contribution in [1.82, 2.24) is 0 Å². The van der Waals surface area contributed by atoms with E-state index in [0.29, 0.717) is 19.7 Å². The number of para-hydroxylation sites is 2. The minimum atomic E-state index is -0.361. The van der Waals surface area contributed by atoms with Crippen molar-refractivity contribution in [3.8, 4) is 5.75 Å². The number of hydrogen-bond donors (Lipinski definition) is 1. The number of carbonyl (C=O) groups is 1. The van der Waals surface area contributed by atoms with Gasteiger partial charge in [-0.3, -0.25) is 4.79 Å². The van der Waals surface area contributed by atoms with E-state index in [2.05, 4.69) is 0 Å².